The van der Waals surface area contributed by atoms with Crippen LogP contribution in [0.5, 0.6) is 0 Å². The second-order valence-electron chi connectivity index (χ2n) is 4.43. The van der Waals surface area contributed by atoms with Crippen LogP contribution < -0.4 is 11.1 Å². The molecule has 0 radical (unpaired) electrons. The fourth-order valence-corrected chi connectivity index (χ4v) is 1.89. The Morgan fingerprint density at radius 1 is 1.53 bits per heavy atom. The van der Waals surface area contributed by atoms with Crippen molar-refractivity contribution in [2.75, 3.05) is 6.54 Å². The highest BCUT2D eigenvalue weighted by Gasteiger charge is 2.17. The zero-order valence-corrected chi connectivity index (χ0v) is 11.1. The smallest absolute Gasteiger partial charge is 0.255 e. The Bertz CT molecular complexity index is 397. The van der Waals surface area contributed by atoms with Gasteiger partial charge < -0.3 is 11.1 Å². The molecular formula is C12H22N4O. The molecule has 0 aliphatic rings. The van der Waals surface area contributed by atoms with Gasteiger partial charge in [-0.15, -0.1) is 0 Å². The molecule has 0 bridgehead atoms. The molecule has 1 atom stereocenters. The molecule has 0 aliphatic heterocycles. The van der Waals surface area contributed by atoms with Crippen molar-refractivity contribution in [3.8, 4) is 0 Å². The minimum atomic E-state index is -0.0837. The van der Waals surface area contributed by atoms with Gasteiger partial charge in [-0.05, 0) is 20.3 Å². The molecule has 0 fully saturated rings. The van der Waals surface area contributed by atoms with Gasteiger partial charge in [0.25, 0.3) is 5.91 Å². The van der Waals surface area contributed by atoms with Crippen molar-refractivity contribution in [2.45, 2.75) is 39.7 Å². The highest BCUT2D eigenvalue weighted by Crippen LogP contribution is 2.11. The van der Waals surface area contributed by atoms with Gasteiger partial charge in [0.2, 0.25) is 0 Å². The standard InChI is InChI=1S/C12H22N4O/c1-5-6-10(13)7-14-12(17)11-8(2)15-16(4)9(11)3/h10H,5-7,13H2,1-4H3,(H,14,17). The number of carbonyl (C=O) groups is 1. The molecule has 1 heterocycles. The first kappa shape index (κ1) is 13.7. The van der Waals surface area contributed by atoms with E-state index < -0.39 is 0 Å². The summed E-state index contributed by atoms with van der Waals surface area (Å²) in [6, 6.07) is 0.0289. The molecule has 96 valence electrons. The van der Waals surface area contributed by atoms with E-state index in [1.165, 1.54) is 0 Å². The van der Waals surface area contributed by atoms with E-state index in [9.17, 15) is 4.79 Å². The van der Waals surface area contributed by atoms with Crippen LogP contribution in [-0.4, -0.2) is 28.3 Å². The highest BCUT2D eigenvalue weighted by molar-refractivity contribution is 5.96. The first-order chi connectivity index (χ1) is 7.97. The molecule has 0 saturated carbocycles. The summed E-state index contributed by atoms with van der Waals surface area (Å²) in [5.41, 5.74) is 8.15. The van der Waals surface area contributed by atoms with Crippen LogP contribution in [0.15, 0.2) is 0 Å². The van der Waals surface area contributed by atoms with Crippen molar-refractivity contribution in [3.05, 3.63) is 17.0 Å². The molecule has 1 amide bonds. The third-order valence-electron chi connectivity index (χ3n) is 2.92. The summed E-state index contributed by atoms with van der Waals surface area (Å²) in [6.45, 7) is 6.33. The monoisotopic (exact) mass is 238 g/mol. The molecule has 1 rings (SSSR count). The van der Waals surface area contributed by atoms with E-state index in [0.717, 1.165) is 24.2 Å². The molecule has 1 unspecified atom stereocenters. The van der Waals surface area contributed by atoms with E-state index >= 15 is 0 Å². The second-order valence-corrected chi connectivity index (χ2v) is 4.43. The second kappa shape index (κ2) is 5.82. The van der Waals surface area contributed by atoms with Gasteiger partial charge in [0.1, 0.15) is 0 Å². The molecule has 5 nitrogen and oxygen atoms in total. The maximum absolute atomic E-state index is 12.0. The quantitative estimate of drug-likeness (QED) is 0.800. The molecule has 3 N–H and O–H groups in total. The number of aromatic nitrogens is 2. The average molecular weight is 238 g/mol. The van der Waals surface area contributed by atoms with E-state index in [1.54, 1.807) is 4.68 Å². The Morgan fingerprint density at radius 3 is 2.65 bits per heavy atom. The van der Waals surface area contributed by atoms with Crippen molar-refractivity contribution >= 4 is 5.91 Å². The Labute approximate surface area is 102 Å². The lowest BCUT2D eigenvalue weighted by Gasteiger charge is -2.11. The van der Waals surface area contributed by atoms with Gasteiger partial charge in [-0.25, -0.2) is 0 Å². The van der Waals surface area contributed by atoms with Gasteiger partial charge in [0, 0.05) is 25.3 Å². The number of aryl methyl sites for hydroxylation is 2. The lowest BCUT2D eigenvalue weighted by atomic mass is 10.1. The van der Waals surface area contributed by atoms with Crippen LogP contribution in [0.1, 0.15) is 41.5 Å². The number of hydrogen-bond acceptors (Lipinski definition) is 3. The fourth-order valence-electron chi connectivity index (χ4n) is 1.89. The third kappa shape index (κ3) is 3.30. The predicted octanol–water partition coefficient (Wildman–Crippen LogP) is 0.894. The largest absolute Gasteiger partial charge is 0.350 e. The molecule has 0 saturated heterocycles. The summed E-state index contributed by atoms with van der Waals surface area (Å²) in [5.74, 6) is -0.0837. The van der Waals surface area contributed by atoms with Crippen LogP contribution in [0.25, 0.3) is 0 Å². The third-order valence-corrected chi connectivity index (χ3v) is 2.92. The van der Waals surface area contributed by atoms with E-state index in [2.05, 4.69) is 17.3 Å². The summed E-state index contributed by atoms with van der Waals surface area (Å²) < 4.78 is 1.72. The summed E-state index contributed by atoms with van der Waals surface area (Å²) in [5, 5.41) is 7.08. The lowest BCUT2D eigenvalue weighted by Crippen LogP contribution is -2.37. The van der Waals surface area contributed by atoms with Crippen LogP contribution in [0.2, 0.25) is 0 Å². The SMILES string of the molecule is CCCC(N)CNC(=O)c1c(C)nn(C)c1C. The predicted molar refractivity (Wildman–Crippen MR) is 67.9 cm³/mol. The van der Waals surface area contributed by atoms with E-state index in [-0.39, 0.29) is 11.9 Å². The zero-order valence-electron chi connectivity index (χ0n) is 11.1. The number of carbonyl (C=O) groups excluding carboxylic acids is 1. The van der Waals surface area contributed by atoms with Gasteiger partial charge in [-0.2, -0.15) is 5.10 Å². The van der Waals surface area contributed by atoms with Gasteiger partial charge in [0.15, 0.2) is 0 Å². The first-order valence-corrected chi connectivity index (χ1v) is 6.01. The Balaban J connectivity index is 2.64. The number of nitrogens with zero attached hydrogens (tertiary/aromatic N) is 2. The maximum Gasteiger partial charge on any atom is 0.255 e. The Kier molecular flexibility index (Phi) is 4.69. The van der Waals surface area contributed by atoms with Gasteiger partial charge in [-0.3, -0.25) is 9.48 Å². The number of amides is 1. The lowest BCUT2D eigenvalue weighted by molar-refractivity contribution is 0.0949. The molecule has 17 heavy (non-hydrogen) atoms. The summed E-state index contributed by atoms with van der Waals surface area (Å²) in [7, 11) is 1.84. The fraction of sp³-hybridized carbons (Fsp3) is 0.667. The van der Waals surface area contributed by atoms with E-state index in [1.807, 2.05) is 20.9 Å². The van der Waals surface area contributed by atoms with Crippen LogP contribution >= 0.6 is 0 Å². The first-order valence-electron chi connectivity index (χ1n) is 6.01. The minimum absolute atomic E-state index is 0.0289. The van der Waals surface area contributed by atoms with Crippen molar-refractivity contribution in [1.29, 1.82) is 0 Å². The molecule has 0 aromatic carbocycles. The molecule has 0 aliphatic carbocycles. The molecular weight excluding hydrogens is 216 g/mol. The molecule has 0 spiro atoms. The molecule has 1 aromatic rings. The van der Waals surface area contributed by atoms with Crippen LogP contribution in [-0.2, 0) is 7.05 Å². The summed E-state index contributed by atoms with van der Waals surface area (Å²) in [4.78, 5) is 12.0. The van der Waals surface area contributed by atoms with Crippen molar-refractivity contribution in [1.82, 2.24) is 15.1 Å². The number of rotatable bonds is 5. The van der Waals surface area contributed by atoms with Gasteiger partial charge in [-0.1, -0.05) is 13.3 Å². The topological polar surface area (TPSA) is 72.9 Å². The molecule has 5 heteroatoms. The van der Waals surface area contributed by atoms with Crippen molar-refractivity contribution in [2.24, 2.45) is 12.8 Å². The Hall–Kier alpha value is -1.36. The minimum Gasteiger partial charge on any atom is -0.350 e. The van der Waals surface area contributed by atoms with Crippen molar-refractivity contribution < 1.29 is 4.79 Å². The normalized spacial score (nSPS) is 12.5. The van der Waals surface area contributed by atoms with E-state index in [0.29, 0.717) is 12.1 Å². The Morgan fingerprint density at radius 2 is 2.18 bits per heavy atom. The maximum atomic E-state index is 12.0. The van der Waals surface area contributed by atoms with Gasteiger partial charge >= 0.3 is 0 Å². The zero-order chi connectivity index (χ0) is 13.0. The number of nitrogens with two attached hydrogens (primary N) is 1. The van der Waals surface area contributed by atoms with Crippen LogP contribution in [0, 0.1) is 13.8 Å². The average Bonchev–Trinajstić information content (AvgIpc) is 2.50. The summed E-state index contributed by atoms with van der Waals surface area (Å²) >= 11 is 0. The van der Waals surface area contributed by atoms with E-state index in [4.69, 9.17) is 5.73 Å². The van der Waals surface area contributed by atoms with Gasteiger partial charge in [0.05, 0.1) is 11.3 Å². The highest BCUT2D eigenvalue weighted by atomic mass is 16.1. The number of hydrogen-bond donors (Lipinski definition) is 2. The molecule has 1 aromatic heterocycles. The number of nitrogens with one attached hydrogen (secondary N) is 1. The van der Waals surface area contributed by atoms with Crippen LogP contribution in [0.4, 0.5) is 0 Å². The van der Waals surface area contributed by atoms with Crippen molar-refractivity contribution in [3.63, 3.8) is 0 Å². The van der Waals surface area contributed by atoms with Crippen LogP contribution in [0.3, 0.4) is 0 Å². The summed E-state index contributed by atoms with van der Waals surface area (Å²) in [6.07, 6.45) is 1.95.